The van der Waals surface area contributed by atoms with Crippen LogP contribution >= 0.6 is 22.9 Å². The first-order valence-electron chi connectivity index (χ1n) is 6.58. The number of nitrogens with zero attached hydrogens (tertiary/aromatic N) is 3. The second-order valence-electron chi connectivity index (χ2n) is 4.89. The van der Waals surface area contributed by atoms with Crippen molar-refractivity contribution in [3.63, 3.8) is 0 Å². The Balaban J connectivity index is 2.09. The number of ketones is 1. The van der Waals surface area contributed by atoms with Gasteiger partial charge in [0.25, 0.3) is 5.56 Å². The molecule has 1 aliphatic rings. The number of rotatable bonds is 3. The molecule has 6 nitrogen and oxygen atoms in total. The molecule has 0 aliphatic carbocycles. The SMILES string of the molecule is N#Cc1c2n(c(=O)n(CC(=O)c3ccc(Cl)s3)c1=O)CCC2. The summed E-state index contributed by atoms with van der Waals surface area (Å²) in [5, 5.41) is 9.17. The Labute approximate surface area is 133 Å². The van der Waals surface area contributed by atoms with Gasteiger partial charge in [0.05, 0.1) is 15.8 Å². The molecule has 0 bridgehead atoms. The third-order valence-corrected chi connectivity index (χ3v) is 4.86. The highest BCUT2D eigenvalue weighted by molar-refractivity contribution is 7.18. The van der Waals surface area contributed by atoms with Gasteiger partial charge in [0.2, 0.25) is 0 Å². The molecule has 0 saturated heterocycles. The number of hydrogen-bond donors (Lipinski definition) is 0. The molecule has 0 unspecified atom stereocenters. The van der Waals surface area contributed by atoms with E-state index >= 15 is 0 Å². The summed E-state index contributed by atoms with van der Waals surface area (Å²) in [5.41, 5.74) is -0.807. The molecule has 3 rings (SSSR count). The number of thiophene rings is 1. The highest BCUT2D eigenvalue weighted by Gasteiger charge is 2.23. The Morgan fingerprint density at radius 2 is 2.18 bits per heavy atom. The Morgan fingerprint density at radius 1 is 1.41 bits per heavy atom. The van der Waals surface area contributed by atoms with Gasteiger partial charge >= 0.3 is 5.69 Å². The molecule has 2 aromatic rings. The van der Waals surface area contributed by atoms with Gasteiger partial charge in [-0.05, 0) is 25.0 Å². The van der Waals surface area contributed by atoms with Crippen molar-refractivity contribution >= 4 is 28.7 Å². The van der Waals surface area contributed by atoms with Crippen LogP contribution in [0.25, 0.3) is 0 Å². The first-order valence-corrected chi connectivity index (χ1v) is 7.77. The standard InChI is InChI=1S/C14H10ClN3O3S/c15-12-4-3-11(22-12)10(19)7-18-13(20)8(6-16)9-2-1-5-17(9)14(18)21/h3-4H,1-2,5,7H2. The van der Waals surface area contributed by atoms with E-state index < -0.39 is 11.2 Å². The molecule has 0 radical (unpaired) electrons. The summed E-state index contributed by atoms with van der Waals surface area (Å²) in [7, 11) is 0. The minimum Gasteiger partial charge on any atom is -0.296 e. The molecule has 0 aromatic carbocycles. The minimum atomic E-state index is -0.698. The van der Waals surface area contributed by atoms with Crippen LogP contribution in [0.15, 0.2) is 21.7 Å². The van der Waals surface area contributed by atoms with E-state index in [9.17, 15) is 19.6 Å². The molecular formula is C14H10ClN3O3S. The topological polar surface area (TPSA) is 84.9 Å². The van der Waals surface area contributed by atoms with Gasteiger partial charge < -0.3 is 0 Å². The average Bonchev–Trinajstić information content (AvgIpc) is 3.13. The van der Waals surface area contributed by atoms with Crippen molar-refractivity contribution in [1.29, 1.82) is 5.26 Å². The Bertz CT molecular complexity index is 932. The van der Waals surface area contributed by atoms with Crippen molar-refractivity contribution in [2.24, 2.45) is 0 Å². The molecule has 22 heavy (non-hydrogen) atoms. The van der Waals surface area contributed by atoms with Crippen LogP contribution in [0.2, 0.25) is 4.34 Å². The minimum absolute atomic E-state index is 0.0471. The van der Waals surface area contributed by atoms with Crippen LogP contribution in [-0.4, -0.2) is 14.9 Å². The lowest BCUT2D eigenvalue weighted by Gasteiger charge is -2.09. The van der Waals surface area contributed by atoms with Gasteiger partial charge in [0.15, 0.2) is 5.78 Å². The van der Waals surface area contributed by atoms with Gasteiger partial charge in [-0.1, -0.05) is 11.6 Å². The smallest absolute Gasteiger partial charge is 0.296 e. The van der Waals surface area contributed by atoms with Crippen LogP contribution in [-0.2, 0) is 19.5 Å². The summed E-state index contributed by atoms with van der Waals surface area (Å²) >= 11 is 6.87. The molecular weight excluding hydrogens is 326 g/mol. The van der Waals surface area contributed by atoms with Crippen molar-refractivity contribution in [3.8, 4) is 6.07 Å². The fourth-order valence-corrected chi connectivity index (χ4v) is 3.55. The van der Waals surface area contributed by atoms with Crippen molar-refractivity contribution in [2.45, 2.75) is 25.9 Å². The zero-order valence-electron chi connectivity index (χ0n) is 11.3. The van der Waals surface area contributed by atoms with Gasteiger partial charge in [-0.25, -0.2) is 4.79 Å². The highest BCUT2D eigenvalue weighted by Crippen LogP contribution is 2.22. The number of aromatic nitrogens is 2. The molecule has 2 aromatic heterocycles. The summed E-state index contributed by atoms with van der Waals surface area (Å²) in [5.74, 6) is -0.376. The summed E-state index contributed by atoms with van der Waals surface area (Å²) < 4.78 is 2.71. The fourth-order valence-electron chi connectivity index (χ4n) is 2.57. The molecule has 3 heterocycles. The fraction of sp³-hybridized carbons (Fsp3) is 0.286. The molecule has 1 aliphatic heterocycles. The molecule has 8 heteroatoms. The van der Waals surface area contributed by atoms with Crippen LogP contribution < -0.4 is 11.2 Å². The number of halogens is 1. The van der Waals surface area contributed by atoms with E-state index in [1.165, 1.54) is 4.57 Å². The van der Waals surface area contributed by atoms with Crippen LogP contribution in [0.1, 0.15) is 27.3 Å². The van der Waals surface area contributed by atoms with E-state index in [4.69, 9.17) is 11.6 Å². The maximum atomic E-state index is 12.4. The second-order valence-corrected chi connectivity index (χ2v) is 6.60. The first kappa shape index (κ1) is 14.8. The van der Waals surface area contributed by atoms with E-state index in [0.29, 0.717) is 34.3 Å². The molecule has 0 saturated carbocycles. The number of hydrogen-bond acceptors (Lipinski definition) is 5. The second kappa shape index (κ2) is 5.55. The highest BCUT2D eigenvalue weighted by atomic mass is 35.5. The van der Waals surface area contributed by atoms with E-state index in [1.807, 2.05) is 6.07 Å². The van der Waals surface area contributed by atoms with E-state index in [-0.39, 0.29) is 17.9 Å². The van der Waals surface area contributed by atoms with Gasteiger partial charge in [0.1, 0.15) is 11.6 Å². The van der Waals surface area contributed by atoms with E-state index in [1.54, 1.807) is 12.1 Å². The largest absolute Gasteiger partial charge is 0.331 e. The van der Waals surface area contributed by atoms with Crippen LogP contribution in [0, 0.1) is 11.3 Å². The molecule has 0 spiro atoms. The Morgan fingerprint density at radius 3 is 2.82 bits per heavy atom. The van der Waals surface area contributed by atoms with Gasteiger partial charge in [-0.15, -0.1) is 11.3 Å². The van der Waals surface area contributed by atoms with Gasteiger partial charge in [-0.3, -0.25) is 18.7 Å². The van der Waals surface area contributed by atoms with Crippen molar-refractivity contribution in [2.75, 3.05) is 0 Å². The Kier molecular flexibility index (Phi) is 3.72. The normalized spacial score (nSPS) is 12.9. The first-order chi connectivity index (χ1) is 10.5. The van der Waals surface area contributed by atoms with Crippen LogP contribution in [0.4, 0.5) is 0 Å². The number of carbonyl (C=O) groups excluding carboxylic acids is 1. The maximum Gasteiger partial charge on any atom is 0.331 e. The number of Topliss-reactive ketones (excluding diaryl/α,β-unsaturated/α-hetero) is 1. The Hall–Kier alpha value is -2.17. The quantitative estimate of drug-likeness (QED) is 0.794. The summed E-state index contributed by atoms with van der Waals surface area (Å²) in [6.07, 6.45) is 1.24. The number of nitriles is 1. The van der Waals surface area contributed by atoms with Crippen LogP contribution in [0.3, 0.4) is 0 Å². The zero-order valence-corrected chi connectivity index (χ0v) is 12.9. The van der Waals surface area contributed by atoms with Crippen molar-refractivity contribution in [1.82, 2.24) is 9.13 Å². The lowest BCUT2D eigenvalue weighted by atomic mass is 10.2. The maximum absolute atomic E-state index is 12.4. The third-order valence-electron chi connectivity index (χ3n) is 3.59. The lowest BCUT2D eigenvalue weighted by Crippen LogP contribution is -2.43. The van der Waals surface area contributed by atoms with E-state index in [0.717, 1.165) is 15.9 Å². The van der Waals surface area contributed by atoms with Gasteiger partial charge in [0, 0.05) is 12.2 Å². The van der Waals surface area contributed by atoms with Crippen molar-refractivity contribution < 1.29 is 4.79 Å². The summed E-state index contributed by atoms with van der Waals surface area (Å²) in [6.45, 7) is 0.0750. The lowest BCUT2D eigenvalue weighted by molar-refractivity contribution is 0.0972. The number of carbonyl (C=O) groups is 1. The van der Waals surface area contributed by atoms with Gasteiger partial charge in [-0.2, -0.15) is 5.26 Å². The zero-order chi connectivity index (χ0) is 15.9. The molecule has 112 valence electrons. The molecule has 0 N–H and O–H groups in total. The summed E-state index contributed by atoms with van der Waals surface area (Å²) in [6, 6.07) is 4.99. The van der Waals surface area contributed by atoms with Crippen LogP contribution in [0.5, 0.6) is 0 Å². The third kappa shape index (κ3) is 2.30. The summed E-state index contributed by atoms with van der Waals surface area (Å²) in [4.78, 5) is 37.2. The molecule has 0 fully saturated rings. The number of fused-ring (bicyclic) bond motifs is 1. The molecule has 0 amide bonds. The van der Waals surface area contributed by atoms with E-state index in [2.05, 4.69) is 0 Å². The molecule has 0 atom stereocenters. The monoisotopic (exact) mass is 335 g/mol. The predicted octanol–water partition coefficient (Wildman–Crippen LogP) is 1.43. The van der Waals surface area contributed by atoms with Crippen molar-refractivity contribution in [3.05, 3.63) is 53.4 Å². The average molecular weight is 336 g/mol. The predicted molar refractivity (Wildman–Crippen MR) is 81.7 cm³/mol.